The predicted octanol–water partition coefficient (Wildman–Crippen LogP) is 6.88. The lowest BCUT2D eigenvalue weighted by Crippen LogP contribution is -2.64. The number of urea groups is 1. The molecule has 4 atom stereocenters. The van der Waals surface area contributed by atoms with Crippen molar-refractivity contribution in [2.45, 2.75) is 81.6 Å². The number of barbiturate groups is 1. The molecular weight excluding hydrogens is 941 g/mol. The average molecular weight is 1010 g/mol. The Labute approximate surface area is 434 Å². The molecule has 5 aromatic rings. The Bertz CT molecular complexity index is 2690. The van der Waals surface area contributed by atoms with Crippen molar-refractivity contribution < 1.29 is 48.2 Å². The molecule has 1 aliphatic rings. The maximum atomic E-state index is 13.0. The summed E-state index contributed by atoms with van der Waals surface area (Å²) in [5.74, 6) is -2.52. The van der Waals surface area contributed by atoms with Crippen molar-refractivity contribution in [3.8, 4) is 5.75 Å². The van der Waals surface area contributed by atoms with Gasteiger partial charge in [0, 0.05) is 34.7 Å². The number of aliphatic carboxylic acids is 1. The van der Waals surface area contributed by atoms with Crippen LogP contribution in [0.2, 0.25) is 0 Å². The molecule has 392 valence electrons. The van der Waals surface area contributed by atoms with Gasteiger partial charge in [-0.2, -0.15) is 0 Å². The van der Waals surface area contributed by atoms with E-state index in [1.807, 2.05) is 105 Å². The molecule has 1 fully saturated rings. The molecule has 0 aromatic heterocycles. The topological polar surface area (TPSA) is 229 Å². The predicted molar refractivity (Wildman–Crippen MR) is 285 cm³/mol. The summed E-state index contributed by atoms with van der Waals surface area (Å²) < 4.78 is 5.13. The van der Waals surface area contributed by atoms with E-state index in [1.165, 1.54) is 14.1 Å². The first-order valence-electron chi connectivity index (χ1n) is 24.2. The van der Waals surface area contributed by atoms with Gasteiger partial charge in [0.1, 0.15) is 5.75 Å². The highest BCUT2D eigenvalue weighted by Crippen LogP contribution is 2.34. The second-order valence-electron chi connectivity index (χ2n) is 17.0. The molecule has 74 heavy (non-hydrogen) atoms. The minimum atomic E-state index is -1.49. The molecule has 0 aliphatic carbocycles. The van der Waals surface area contributed by atoms with Crippen molar-refractivity contribution in [2.75, 3.05) is 35.3 Å². The van der Waals surface area contributed by atoms with Crippen molar-refractivity contribution in [2.24, 2.45) is 0 Å². The van der Waals surface area contributed by atoms with Crippen LogP contribution in [-0.2, 0) is 61.8 Å². The number of hydrogen-bond acceptors (Lipinski definition) is 9. The Hall–Kier alpha value is -8.40. The first kappa shape index (κ1) is 59.9. The van der Waals surface area contributed by atoms with Crippen molar-refractivity contribution in [1.82, 2.24) is 31.5 Å². The number of ether oxygens (including phenoxy) is 1. The number of likely N-dealkylation sites (N-methyl/N-ethyl adjacent to an activating group) is 4. The number of rotatable bonds is 17. The van der Waals surface area contributed by atoms with Gasteiger partial charge in [0.15, 0.2) is 16.2 Å². The van der Waals surface area contributed by atoms with Gasteiger partial charge in [-0.3, -0.25) is 43.8 Å². The molecular formula is C58H70N6O10. The maximum Gasteiger partial charge on any atom is 0.330 e. The molecule has 1 aliphatic heterocycles. The summed E-state index contributed by atoms with van der Waals surface area (Å²) in [6.07, 6.45) is 3.32. The van der Waals surface area contributed by atoms with Crippen molar-refractivity contribution >= 4 is 47.4 Å². The highest BCUT2D eigenvalue weighted by Gasteiger charge is 2.53. The first-order valence-corrected chi connectivity index (χ1v) is 24.2. The summed E-state index contributed by atoms with van der Waals surface area (Å²) in [6, 6.07) is 43.0. The zero-order valence-electron chi connectivity index (χ0n) is 43.7. The van der Waals surface area contributed by atoms with Crippen LogP contribution in [0.25, 0.3) is 0 Å². The Morgan fingerprint density at radius 1 is 0.622 bits per heavy atom. The van der Waals surface area contributed by atoms with Crippen LogP contribution in [0.15, 0.2) is 158 Å². The third-order valence-corrected chi connectivity index (χ3v) is 13.4. The normalized spacial score (nSPS) is 16.0. The maximum absolute atomic E-state index is 13.0. The zero-order valence-corrected chi connectivity index (χ0v) is 43.7. The van der Waals surface area contributed by atoms with Gasteiger partial charge in [-0.15, -0.1) is 6.58 Å². The summed E-state index contributed by atoms with van der Waals surface area (Å²) in [6.45, 7) is 11.4. The minimum Gasteiger partial charge on any atom is -0.497 e. The number of hydrogen-bond donors (Lipinski definition) is 6. The number of carboxylic acids is 1. The van der Waals surface area contributed by atoms with Gasteiger partial charge >= 0.3 is 12.0 Å². The van der Waals surface area contributed by atoms with Crippen LogP contribution in [-0.4, -0.2) is 92.8 Å². The lowest BCUT2D eigenvalue weighted by Gasteiger charge is -2.37. The van der Waals surface area contributed by atoms with E-state index >= 15 is 0 Å². The van der Waals surface area contributed by atoms with E-state index in [9.17, 15) is 43.5 Å². The summed E-state index contributed by atoms with van der Waals surface area (Å²) in [4.78, 5) is 97.6. The molecule has 1 heterocycles. The fourth-order valence-corrected chi connectivity index (χ4v) is 8.77. The molecule has 0 radical (unpaired) electrons. The average Bonchev–Trinajstić information content (AvgIpc) is 3.44. The lowest BCUT2D eigenvalue weighted by atomic mass is 9.75. The van der Waals surface area contributed by atoms with E-state index in [0.717, 1.165) is 21.8 Å². The lowest BCUT2D eigenvalue weighted by molar-refractivity contribution is -0.150. The SMILES string of the molecule is C=C[C@](CC)(C(=O)NC)c1ccccc1.CC[C@@](C(=O)O)(C(=O)NC)c1ccccc1.CC[C@](C(=O)NC)(C(=O)NCc1ccc(OC)cc1)c1ccccc1.CC[C@]1(c2ccccc2)C(=O)NC(=O)N(C)C1=O. The van der Waals surface area contributed by atoms with Gasteiger partial charge < -0.3 is 31.1 Å². The van der Waals surface area contributed by atoms with Gasteiger partial charge in [0.05, 0.1) is 12.5 Å². The molecule has 0 spiro atoms. The van der Waals surface area contributed by atoms with Crippen LogP contribution < -0.4 is 31.3 Å². The van der Waals surface area contributed by atoms with E-state index in [4.69, 9.17) is 4.74 Å². The molecule has 0 saturated carbocycles. The third kappa shape index (κ3) is 12.8. The summed E-state index contributed by atoms with van der Waals surface area (Å²) in [5.41, 5.74) is -0.924. The van der Waals surface area contributed by atoms with Gasteiger partial charge in [0.2, 0.25) is 29.5 Å². The Balaban J connectivity index is 0.000000266. The molecule has 5 aromatic carbocycles. The van der Waals surface area contributed by atoms with Crippen molar-refractivity contribution in [1.29, 1.82) is 0 Å². The number of carbonyl (C=O) groups is 8. The number of carboxylic acid groups (broad SMARTS) is 1. The van der Waals surface area contributed by atoms with Crippen LogP contribution >= 0.6 is 0 Å². The van der Waals surface area contributed by atoms with Crippen molar-refractivity contribution in [3.05, 3.63) is 186 Å². The number of benzene rings is 5. The summed E-state index contributed by atoms with van der Waals surface area (Å²) in [7, 11) is 7.62. The second-order valence-corrected chi connectivity index (χ2v) is 17.0. The number of nitrogens with one attached hydrogen (secondary N) is 5. The Kier molecular flexibility index (Phi) is 22.7. The van der Waals surface area contributed by atoms with E-state index in [0.29, 0.717) is 42.5 Å². The van der Waals surface area contributed by atoms with Crippen LogP contribution in [0, 0.1) is 0 Å². The highest BCUT2D eigenvalue weighted by molar-refractivity contribution is 6.22. The van der Waals surface area contributed by atoms with Gasteiger partial charge in [-0.05, 0) is 65.6 Å². The second kappa shape index (κ2) is 28.0. The van der Waals surface area contributed by atoms with E-state index in [1.54, 1.807) is 95.7 Å². The molecule has 6 N–H and O–H groups in total. The van der Waals surface area contributed by atoms with Crippen LogP contribution in [0.3, 0.4) is 0 Å². The van der Waals surface area contributed by atoms with Crippen LogP contribution in [0.5, 0.6) is 5.75 Å². The number of methoxy groups -OCH3 is 1. The molecule has 16 nitrogen and oxygen atoms in total. The third-order valence-electron chi connectivity index (χ3n) is 13.4. The van der Waals surface area contributed by atoms with Crippen molar-refractivity contribution in [3.63, 3.8) is 0 Å². The Morgan fingerprint density at radius 3 is 1.45 bits per heavy atom. The number of nitrogens with zero attached hydrogens (tertiary/aromatic N) is 1. The molecule has 16 heteroatoms. The fraction of sp³-hybridized carbons (Fsp3) is 0.310. The first-order chi connectivity index (χ1) is 35.4. The van der Waals surface area contributed by atoms with Crippen LogP contribution in [0.1, 0.15) is 81.2 Å². The monoisotopic (exact) mass is 1010 g/mol. The number of imide groups is 2. The highest BCUT2D eigenvalue weighted by atomic mass is 16.5. The quantitative estimate of drug-likeness (QED) is 0.0418. The fourth-order valence-electron chi connectivity index (χ4n) is 8.77. The zero-order chi connectivity index (χ0) is 55.1. The minimum absolute atomic E-state index is 0.00815. The van der Waals surface area contributed by atoms with Crippen LogP contribution in [0.4, 0.5) is 4.79 Å². The largest absolute Gasteiger partial charge is 0.497 e. The smallest absolute Gasteiger partial charge is 0.330 e. The summed E-state index contributed by atoms with van der Waals surface area (Å²) >= 11 is 0. The van der Waals surface area contributed by atoms with E-state index in [2.05, 4.69) is 33.2 Å². The summed E-state index contributed by atoms with van der Waals surface area (Å²) in [5, 5.41) is 22.2. The van der Waals surface area contributed by atoms with Gasteiger partial charge in [-0.1, -0.05) is 167 Å². The number of carbonyl (C=O) groups excluding carboxylic acids is 7. The molecule has 0 bridgehead atoms. The van der Waals surface area contributed by atoms with Gasteiger partial charge in [-0.25, -0.2) is 4.79 Å². The molecule has 6 rings (SSSR count). The molecule has 0 unspecified atom stereocenters. The van der Waals surface area contributed by atoms with E-state index in [-0.39, 0.29) is 24.1 Å². The standard InChI is InChI=1S/C20H24N2O3.C13H14N2O3.C13H17NO.C12H15NO3/c1-4-20(18(23)21-2,16-8-6-5-7-9-16)19(24)22-14-15-10-12-17(25-3)13-11-15;1-3-13(9-7-5-4-6-8-9)10(16)14-12(18)15(2)11(13)17;1-4-13(5-2,12(15)14-3)11-9-7-6-8-10-11;1-3-12(11(15)16,10(14)13-2)9-7-5-4-6-8-9/h5-13H,4,14H2,1-3H3,(H,21,23)(H,22,24);4-8H,3H2,1-2H3,(H,14,16,18);4,6-10H,1,5H2,2-3H3,(H,14,15);4-8H,3H2,1-2H3,(H,13,14)(H,15,16)/t20-;2*13-;12-/m0010/s1. The van der Waals surface area contributed by atoms with Gasteiger partial charge in [0.25, 0.3) is 5.91 Å². The molecule has 8 amide bonds. The molecule has 1 saturated heterocycles. The number of amides is 8. The van der Waals surface area contributed by atoms with E-state index < -0.39 is 51.4 Å². The Morgan fingerprint density at radius 2 is 1.05 bits per heavy atom.